The van der Waals surface area contributed by atoms with Gasteiger partial charge >= 0.3 is 0 Å². The molecule has 0 saturated heterocycles. The van der Waals surface area contributed by atoms with Crippen molar-refractivity contribution in [2.45, 2.75) is 143 Å². The maximum Gasteiger partial charge on any atom is 0.252 e. The molecule has 3 heteroatoms. The average molecular weight is 875 g/mol. The third kappa shape index (κ3) is 6.28. The van der Waals surface area contributed by atoms with Crippen LogP contribution >= 0.6 is 0 Å². The number of aryl methyl sites for hydroxylation is 2. The minimum absolute atomic E-state index is 0.00643. The van der Waals surface area contributed by atoms with E-state index in [1.807, 2.05) is 0 Å². The molecule has 3 aliphatic carbocycles. The van der Waals surface area contributed by atoms with Crippen molar-refractivity contribution in [3.05, 3.63) is 183 Å². The van der Waals surface area contributed by atoms with Crippen LogP contribution in [0.4, 0.5) is 34.1 Å². The van der Waals surface area contributed by atoms with Crippen molar-refractivity contribution in [3.8, 4) is 11.1 Å². The molecule has 0 atom stereocenters. The summed E-state index contributed by atoms with van der Waals surface area (Å²) < 4.78 is 0. The first kappa shape index (κ1) is 42.6. The van der Waals surface area contributed by atoms with Crippen LogP contribution in [-0.2, 0) is 39.9 Å². The van der Waals surface area contributed by atoms with Crippen LogP contribution in [0, 0.1) is 13.8 Å². The van der Waals surface area contributed by atoms with E-state index >= 15 is 0 Å². The van der Waals surface area contributed by atoms with Crippen molar-refractivity contribution in [2.75, 3.05) is 9.80 Å². The maximum absolute atomic E-state index is 2.72. The van der Waals surface area contributed by atoms with Gasteiger partial charge in [-0.05, 0) is 192 Å². The predicted molar refractivity (Wildman–Crippen MR) is 287 cm³/mol. The minimum Gasteiger partial charge on any atom is -0.311 e. The lowest BCUT2D eigenvalue weighted by Gasteiger charge is -2.46. The van der Waals surface area contributed by atoms with Gasteiger partial charge in [0.05, 0.1) is 5.69 Å². The molecule has 12 rings (SSSR count). The molecular weight excluding hydrogens is 808 g/mol. The average Bonchev–Trinajstić information content (AvgIpc) is 3.57. The molecule has 2 aliphatic heterocycles. The van der Waals surface area contributed by atoms with E-state index in [1.54, 1.807) is 0 Å². The molecule has 0 unspecified atom stereocenters. The highest BCUT2D eigenvalue weighted by atomic mass is 15.2. The Bertz CT molecular complexity index is 3260. The van der Waals surface area contributed by atoms with E-state index in [0.29, 0.717) is 0 Å². The van der Waals surface area contributed by atoms with E-state index < -0.39 is 0 Å². The number of anilines is 6. The number of benzene rings is 7. The summed E-state index contributed by atoms with van der Waals surface area (Å²) >= 11 is 0. The van der Waals surface area contributed by atoms with Gasteiger partial charge in [-0.25, -0.2) is 0 Å². The number of hydrogen-bond donors (Lipinski definition) is 0. The molecule has 0 saturated carbocycles. The van der Waals surface area contributed by atoms with Crippen LogP contribution in [0.5, 0.6) is 0 Å². The second-order valence-electron chi connectivity index (χ2n) is 25.0. The summed E-state index contributed by atoms with van der Waals surface area (Å²) in [5.41, 5.74) is 30.6. The van der Waals surface area contributed by atoms with Gasteiger partial charge in [-0.15, -0.1) is 0 Å². The van der Waals surface area contributed by atoms with Crippen LogP contribution in [0.3, 0.4) is 0 Å². The highest BCUT2D eigenvalue weighted by molar-refractivity contribution is 7.00. The van der Waals surface area contributed by atoms with Gasteiger partial charge in [0.15, 0.2) is 0 Å². The summed E-state index contributed by atoms with van der Waals surface area (Å²) in [5, 5.41) is 0. The molecule has 0 fully saturated rings. The second-order valence-corrected chi connectivity index (χ2v) is 25.0. The number of rotatable bonds is 3. The second kappa shape index (κ2) is 13.9. The lowest BCUT2D eigenvalue weighted by Crippen LogP contribution is -2.62. The minimum atomic E-state index is -0.00643. The Balaban J connectivity index is 1.20. The first-order chi connectivity index (χ1) is 31.6. The molecule has 0 radical (unpaired) electrons. The van der Waals surface area contributed by atoms with E-state index in [9.17, 15) is 0 Å². The highest BCUT2D eigenvalue weighted by Crippen LogP contribution is 2.56. The quantitative estimate of drug-likeness (QED) is 0.163. The van der Waals surface area contributed by atoms with E-state index in [-0.39, 0.29) is 33.8 Å². The predicted octanol–water partition coefficient (Wildman–Crippen LogP) is 14.8. The van der Waals surface area contributed by atoms with Crippen LogP contribution in [-0.4, -0.2) is 6.71 Å². The zero-order chi connectivity index (χ0) is 46.9. The van der Waals surface area contributed by atoms with E-state index in [1.165, 1.54) is 123 Å². The lowest BCUT2D eigenvalue weighted by molar-refractivity contribution is 0.403. The zero-order valence-electron chi connectivity index (χ0n) is 42.3. The Morgan fingerprint density at radius 1 is 0.448 bits per heavy atom. The fourth-order valence-electron chi connectivity index (χ4n) is 14.3. The van der Waals surface area contributed by atoms with Gasteiger partial charge in [0.2, 0.25) is 0 Å². The third-order valence-electron chi connectivity index (χ3n) is 17.0. The lowest BCUT2D eigenvalue weighted by atomic mass is 9.33. The van der Waals surface area contributed by atoms with Gasteiger partial charge in [0, 0.05) is 34.0 Å². The van der Waals surface area contributed by atoms with Gasteiger partial charge in [-0.3, -0.25) is 0 Å². The van der Waals surface area contributed by atoms with Crippen molar-refractivity contribution >= 4 is 57.2 Å². The summed E-state index contributed by atoms with van der Waals surface area (Å²) in [4.78, 5) is 5.42. The van der Waals surface area contributed by atoms with Crippen LogP contribution in [0.15, 0.2) is 121 Å². The Kier molecular flexibility index (Phi) is 8.83. The summed E-state index contributed by atoms with van der Waals surface area (Å²) in [6, 6.07) is 48.4. The van der Waals surface area contributed by atoms with Crippen molar-refractivity contribution in [3.63, 3.8) is 0 Å². The Labute approximate surface area is 401 Å². The van der Waals surface area contributed by atoms with Crippen LogP contribution in [0.2, 0.25) is 0 Å². The monoisotopic (exact) mass is 875 g/mol. The molecule has 0 amide bonds. The molecule has 5 aliphatic rings. The smallest absolute Gasteiger partial charge is 0.252 e. The van der Waals surface area contributed by atoms with Crippen molar-refractivity contribution in [1.29, 1.82) is 0 Å². The number of hydrogen-bond acceptors (Lipinski definition) is 2. The zero-order valence-corrected chi connectivity index (χ0v) is 42.3. The standard InChI is InChI=1S/C64H67BN2/c1-38-25-57-59-58(26-38)67(54-30-44-29-42-22-18-17-21-41(42)28-43(44)27-39(54)2)56-35-50-48(62(8,9)37-64(50,12)13)33-52(56)65(59)51-32-47-49(63(10,11)36-61(47,6)7)34-55(51)66(57)53-24-23-45(60(3,4)5)31-46(53)40-19-15-14-16-20-40/h14-27,30-35H,28-29,36-37H2,1-13H3. The molecule has 2 heterocycles. The van der Waals surface area contributed by atoms with Crippen LogP contribution in [0.25, 0.3) is 11.1 Å². The van der Waals surface area contributed by atoms with Gasteiger partial charge in [0.1, 0.15) is 0 Å². The molecule has 336 valence electrons. The molecule has 67 heavy (non-hydrogen) atoms. The van der Waals surface area contributed by atoms with E-state index in [2.05, 4.69) is 221 Å². The van der Waals surface area contributed by atoms with Gasteiger partial charge in [-0.1, -0.05) is 155 Å². The van der Waals surface area contributed by atoms with Crippen molar-refractivity contribution < 1.29 is 0 Å². The summed E-state index contributed by atoms with van der Waals surface area (Å²) in [7, 11) is 0. The Morgan fingerprint density at radius 3 is 1.45 bits per heavy atom. The van der Waals surface area contributed by atoms with Gasteiger partial charge < -0.3 is 9.80 Å². The van der Waals surface area contributed by atoms with Gasteiger partial charge in [0.25, 0.3) is 6.71 Å². The molecular formula is C64H67BN2. The Morgan fingerprint density at radius 2 is 0.925 bits per heavy atom. The third-order valence-corrected chi connectivity index (χ3v) is 17.0. The summed E-state index contributed by atoms with van der Waals surface area (Å²) in [6.07, 6.45) is 4.21. The Hall–Kier alpha value is -5.80. The molecule has 0 bridgehead atoms. The molecule has 0 N–H and O–H groups in total. The largest absolute Gasteiger partial charge is 0.311 e. The topological polar surface area (TPSA) is 6.48 Å². The SMILES string of the molecule is Cc1cc2c3c(c1)N(c1ccc(C(C)(C)C)cc1-c1ccccc1)c1cc4c(cc1B3c1cc3c(cc1N2c1cc2c(cc1C)Cc1ccccc1C2)C(C)(C)CC3(C)C)C(C)(C)CC4(C)C. The first-order valence-corrected chi connectivity index (χ1v) is 25.1. The maximum atomic E-state index is 2.72. The van der Waals surface area contributed by atoms with Crippen LogP contribution < -0.4 is 26.2 Å². The molecule has 2 nitrogen and oxygen atoms in total. The first-order valence-electron chi connectivity index (χ1n) is 25.1. The van der Waals surface area contributed by atoms with E-state index in [0.717, 1.165) is 25.7 Å². The summed E-state index contributed by atoms with van der Waals surface area (Å²) in [6.45, 7) is 31.6. The normalized spacial score (nSPS) is 18.4. The van der Waals surface area contributed by atoms with Crippen molar-refractivity contribution in [1.82, 2.24) is 0 Å². The fourth-order valence-corrected chi connectivity index (χ4v) is 14.3. The summed E-state index contributed by atoms with van der Waals surface area (Å²) in [5.74, 6) is 0. The van der Waals surface area contributed by atoms with Crippen molar-refractivity contribution in [2.24, 2.45) is 0 Å². The highest BCUT2D eigenvalue weighted by Gasteiger charge is 2.50. The fraction of sp³-hybridized carbons (Fsp3) is 0.344. The molecule has 7 aromatic rings. The number of fused-ring (bicyclic) bond motifs is 8. The molecule has 0 spiro atoms. The molecule has 7 aromatic carbocycles. The van der Waals surface area contributed by atoms with Crippen LogP contribution in [0.1, 0.15) is 150 Å². The molecule has 0 aromatic heterocycles. The van der Waals surface area contributed by atoms with E-state index in [4.69, 9.17) is 0 Å². The number of nitrogens with zero attached hydrogens (tertiary/aromatic N) is 2. The van der Waals surface area contributed by atoms with Gasteiger partial charge in [-0.2, -0.15) is 0 Å².